The average Bonchev–Trinajstić information content (AvgIpc) is 3.17. The Morgan fingerprint density at radius 2 is 1.76 bits per heavy atom. The van der Waals surface area contributed by atoms with E-state index in [1.165, 1.54) is 5.56 Å². The van der Waals surface area contributed by atoms with Gasteiger partial charge in [-0.05, 0) is 42.5 Å². The van der Waals surface area contributed by atoms with E-state index in [0.29, 0.717) is 19.5 Å². The lowest BCUT2D eigenvalue weighted by Gasteiger charge is -2.32. The molecule has 2 saturated heterocycles. The van der Waals surface area contributed by atoms with Gasteiger partial charge in [0, 0.05) is 51.2 Å². The number of nitrogens with zero attached hydrogens (tertiary/aromatic N) is 3. The van der Waals surface area contributed by atoms with E-state index in [2.05, 4.69) is 39.5 Å². The second kappa shape index (κ2) is 9.18. The molecule has 2 fully saturated rings. The summed E-state index contributed by atoms with van der Waals surface area (Å²) in [6.45, 7) is 3.95. The first-order valence-electron chi connectivity index (χ1n) is 10.4. The lowest BCUT2D eigenvalue weighted by molar-refractivity contribution is -0.145. The number of likely N-dealkylation sites (tertiary alicyclic amines) is 2. The van der Waals surface area contributed by atoms with Gasteiger partial charge in [0.05, 0.1) is 0 Å². The van der Waals surface area contributed by atoms with Crippen LogP contribution in [0.2, 0.25) is 0 Å². The maximum atomic E-state index is 12.9. The molecule has 2 atom stereocenters. The molecule has 152 valence electrons. The number of aromatic nitrogens is 1. The van der Waals surface area contributed by atoms with E-state index in [9.17, 15) is 9.59 Å². The number of pyridine rings is 1. The Bertz CT molecular complexity index is 827. The van der Waals surface area contributed by atoms with Gasteiger partial charge in [-0.25, -0.2) is 0 Å². The monoisotopic (exact) mass is 392 g/mol. The third-order valence-corrected chi connectivity index (χ3v) is 5.84. The average molecular weight is 393 g/mol. The van der Waals surface area contributed by atoms with Crippen LogP contribution in [0.15, 0.2) is 54.9 Å². The first kappa shape index (κ1) is 19.6. The topological polar surface area (TPSA) is 65.5 Å². The molecule has 0 bridgehead atoms. The molecule has 4 rings (SSSR count). The zero-order valence-corrected chi connectivity index (χ0v) is 16.7. The summed E-state index contributed by atoms with van der Waals surface area (Å²) in [6, 6.07) is 14.3. The standard InChI is InChI=1S/C23H28N4O2/c28-22(25-20-10-14-26(17-20)15-18-5-2-1-3-6-18)21-7-4-13-27(23(21)29)16-19-8-11-24-12-9-19/h1-3,5-6,8-9,11-12,20-21H,4,7,10,13-17H2,(H,25,28). The molecule has 2 amide bonds. The number of hydrogen-bond donors (Lipinski definition) is 1. The quantitative estimate of drug-likeness (QED) is 0.766. The van der Waals surface area contributed by atoms with Crippen molar-refractivity contribution in [2.24, 2.45) is 5.92 Å². The predicted octanol–water partition coefficient (Wildman–Crippen LogP) is 2.21. The maximum absolute atomic E-state index is 12.9. The summed E-state index contributed by atoms with van der Waals surface area (Å²) in [6.07, 6.45) is 5.89. The highest BCUT2D eigenvalue weighted by Crippen LogP contribution is 2.21. The minimum absolute atomic E-state index is 0.0512. The SMILES string of the molecule is O=C(NC1CCN(Cc2ccccc2)C1)C1CCCN(Cc2ccncc2)C1=O. The van der Waals surface area contributed by atoms with Gasteiger partial charge in [-0.15, -0.1) is 0 Å². The van der Waals surface area contributed by atoms with Gasteiger partial charge in [0.25, 0.3) is 0 Å². The molecular weight excluding hydrogens is 364 g/mol. The van der Waals surface area contributed by atoms with E-state index in [1.807, 2.05) is 18.2 Å². The van der Waals surface area contributed by atoms with Crippen LogP contribution in [0.4, 0.5) is 0 Å². The van der Waals surface area contributed by atoms with Crippen LogP contribution in [0.1, 0.15) is 30.4 Å². The molecule has 1 aromatic heterocycles. The molecule has 2 aromatic rings. The molecule has 0 spiro atoms. The zero-order chi connectivity index (χ0) is 20.1. The van der Waals surface area contributed by atoms with Crippen LogP contribution in [0.5, 0.6) is 0 Å². The summed E-state index contributed by atoms with van der Waals surface area (Å²) >= 11 is 0. The highest BCUT2D eigenvalue weighted by Gasteiger charge is 2.35. The largest absolute Gasteiger partial charge is 0.351 e. The Morgan fingerprint density at radius 1 is 1.00 bits per heavy atom. The van der Waals surface area contributed by atoms with Crippen LogP contribution in [0.25, 0.3) is 0 Å². The van der Waals surface area contributed by atoms with Crippen LogP contribution >= 0.6 is 0 Å². The number of hydrogen-bond acceptors (Lipinski definition) is 4. The van der Waals surface area contributed by atoms with Gasteiger partial charge >= 0.3 is 0 Å². The molecule has 2 unspecified atom stereocenters. The van der Waals surface area contributed by atoms with Gasteiger partial charge in [-0.2, -0.15) is 0 Å². The Hall–Kier alpha value is -2.73. The minimum atomic E-state index is -0.561. The van der Waals surface area contributed by atoms with Crippen molar-refractivity contribution in [3.05, 3.63) is 66.0 Å². The summed E-state index contributed by atoms with van der Waals surface area (Å²) in [7, 11) is 0. The van der Waals surface area contributed by atoms with E-state index >= 15 is 0 Å². The smallest absolute Gasteiger partial charge is 0.235 e. The van der Waals surface area contributed by atoms with Crippen molar-refractivity contribution in [3.8, 4) is 0 Å². The molecule has 0 aliphatic carbocycles. The highest BCUT2D eigenvalue weighted by atomic mass is 16.2. The molecule has 2 aliphatic heterocycles. The van der Waals surface area contributed by atoms with Crippen LogP contribution < -0.4 is 5.32 Å². The van der Waals surface area contributed by atoms with E-state index in [4.69, 9.17) is 0 Å². The lowest BCUT2D eigenvalue weighted by atomic mass is 9.95. The fraction of sp³-hybridized carbons (Fsp3) is 0.435. The van der Waals surface area contributed by atoms with Gasteiger partial charge in [-0.1, -0.05) is 30.3 Å². The molecular formula is C23H28N4O2. The molecule has 1 N–H and O–H groups in total. The Kier molecular flexibility index (Phi) is 6.20. The van der Waals surface area contributed by atoms with Crippen molar-refractivity contribution in [1.29, 1.82) is 0 Å². The van der Waals surface area contributed by atoms with Crippen LogP contribution in [-0.4, -0.2) is 52.3 Å². The van der Waals surface area contributed by atoms with Crippen molar-refractivity contribution >= 4 is 11.8 Å². The van der Waals surface area contributed by atoms with Crippen molar-refractivity contribution in [1.82, 2.24) is 20.1 Å². The molecule has 29 heavy (non-hydrogen) atoms. The number of carbonyl (C=O) groups is 2. The van der Waals surface area contributed by atoms with Crippen molar-refractivity contribution in [2.45, 2.75) is 38.4 Å². The van der Waals surface area contributed by atoms with Crippen molar-refractivity contribution in [3.63, 3.8) is 0 Å². The predicted molar refractivity (Wildman–Crippen MR) is 111 cm³/mol. The van der Waals surface area contributed by atoms with Crippen LogP contribution in [-0.2, 0) is 22.7 Å². The number of rotatable bonds is 6. The fourth-order valence-corrected chi connectivity index (χ4v) is 4.29. The zero-order valence-electron chi connectivity index (χ0n) is 16.7. The Morgan fingerprint density at radius 3 is 2.55 bits per heavy atom. The second-order valence-electron chi connectivity index (χ2n) is 8.02. The molecule has 1 aromatic carbocycles. The normalized spacial score (nSPS) is 22.6. The third-order valence-electron chi connectivity index (χ3n) is 5.84. The van der Waals surface area contributed by atoms with Crippen LogP contribution in [0, 0.1) is 5.92 Å². The summed E-state index contributed by atoms with van der Waals surface area (Å²) in [4.78, 5) is 33.9. The number of piperidine rings is 1. The van der Waals surface area contributed by atoms with Gasteiger partial charge in [0.15, 0.2) is 0 Å². The van der Waals surface area contributed by atoms with Gasteiger partial charge in [0.2, 0.25) is 11.8 Å². The van der Waals surface area contributed by atoms with E-state index in [0.717, 1.165) is 38.0 Å². The maximum Gasteiger partial charge on any atom is 0.235 e. The van der Waals surface area contributed by atoms with E-state index < -0.39 is 5.92 Å². The summed E-state index contributed by atoms with van der Waals surface area (Å²) < 4.78 is 0. The first-order chi connectivity index (χ1) is 14.2. The molecule has 0 saturated carbocycles. The van der Waals surface area contributed by atoms with E-state index in [-0.39, 0.29) is 17.9 Å². The summed E-state index contributed by atoms with van der Waals surface area (Å²) in [5.41, 5.74) is 2.33. The van der Waals surface area contributed by atoms with Crippen molar-refractivity contribution < 1.29 is 9.59 Å². The summed E-state index contributed by atoms with van der Waals surface area (Å²) in [5, 5.41) is 3.14. The van der Waals surface area contributed by atoms with Gasteiger partial charge in [-0.3, -0.25) is 19.5 Å². The number of carbonyl (C=O) groups excluding carboxylic acids is 2. The van der Waals surface area contributed by atoms with Gasteiger partial charge < -0.3 is 10.2 Å². The van der Waals surface area contributed by atoms with Crippen LogP contribution in [0.3, 0.4) is 0 Å². The van der Waals surface area contributed by atoms with E-state index in [1.54, 1.807) is 17.3 Å². The van der Waals surface area contributed by atoms with Gasteiger partial charge in [0.1, 0.15) is 5.92 Å². The molecule has 3 heterocycles. The Labute approximate surface area is 171 Å². The molecule has 2 aliphatic rings. The van der Waals surface area contributed by atoms with Crippen molar-refractivity contribution in [2.75, 3.05) is 19.6 Å². The number of nitrogens with one attached hydrogen (secondary N) is 1. The number of amides is 2. The molecule has 0 radical (unpaired) electrons. The Balaban J connectivity index is 1.29. The minimum Gasteiger partial charge on any atom is -0.351 e. The fourth-order valence-electron chi connectivity index (χ4n) is 4.29. The molecule has 6 heteroatoms. The number of benzene rings is 1. The highest BCUT2D eigenvalue weighted by molar-refractivity contribution is 6.00. The second-order valence-corrected chi connectivity index (χ2v) is 8.02. The first-order valence-corrected chi connectivity index (χ1v) is 10.4. The lowest BCUT2D eigenvalue weighted by Crippen LogP contribution is -2.49. The summed E-state index contributed by atoms with van der Waals surface area (Å²) in [5.74, 6) is -0.723. The third kappa shape index (κ3) is 5.01. The molecule has 6 nitrogen and oxygen atoms in total.